The molecule has 1 aliphatic rings. The lowest BCUT2D eigenvalue weighted by molar-refractivity contribution is -0.139. The average molecular weight is 262 g/mol. The van der Waals surface area contributed by atoms with E-state index in [9.17, 15) is 4.79 Å². The first-order valence-electron chi connectivity index (χ1n) is 6.95. The molecule has 3 heteroatoms. The molecule has 1 aliphatic heterocycles. The van der Waals surface area contributed by atoms with Gasteiger partial charge in [-0.05, 0) is 44.4 Å². The van der Waals surface area contributed by atoms with Gasteiger partial charge in [0.2, 0.25) is 0 Å². The first-order valence-corrected chi connectivity index (χ1v) is 6.95. The fraction of sp³-hybridized carbons (Fsp3) is 0.562. The van der Waals surface area contributed by atoms with E-state index >= 15 is 0 Å². The molecule has 1 aromatic rings. The van der Waals surface area contributed by atoms with E-state index in [0.29, 0.717) is 13.0 Å². The number of fused-ring (bicyclic) bond motifs is 1. The maximum atomic E-state index is 12.1. The van der Waals surface area contributed by atoms with E-state index in [1.54, 1.807) is 0 Å². The Balaban J connectivity index is 1.94. The fourth-order valence-electron chi connectivity index (χ4n) is 2.40. The summed E-state index contributed by atoms with van der Waals surface area (Å²) in [5.41, 5.74) is 1.79. The molecule has 19 heavy (non-hydrogen) atoms. The predicted molar refractivity (Wildman–Crippen MR) is 74.7 cm³/mol. The SMILES string of the molecule is CCOC(C)(C)C(=O)CCc1ccc2c(c1)CCO2. The van der Waals surface area contributed by atoms with Crippen LogP contribution in [0.3, 0.4) is 0 Å². The molecule has 0 radical (unpaired) electrons. The standard InChI is InChI=1S/C16H22O3/c1-4-19-16(2,3)15(17)8-6-12-5-7-14-13(11-12)9-10-18-14/h5,7,11H,4,6,8-10H2,1-3H3. The first kappa shape index (κ1) is 14.1. The largest absolute Gasteiger partial charge is 0.493 e. The number of ether oxygens (including phenoxy) is 2. The van der Waals surface area contributed by atoms with Crippen LogP contribution < -0.4 is 4.74 Å². The Bertz CT molecular complexity index is 463. The van der Waals surface area contributed by atoms with Gasteiger partial charge >= 0.3 is 0 Å². The van der Waals surface area contributed by atoms with Gasteiger partial charge in [0.05, 0.1) is 6.61 Å². The number of hydrogen-bond acceptors (Lipinski definition) is 3. The van der Waals surface area contributed by atoms with E-state index in [0.717, 1.165) is 25.2 Å². The van der Waals surface area contributed by atoms with Gasteiger partial charge in [0.1, 0.15) is 11.4 Å². The lowest BCUT2D eigenvalue weighted by Crippen LogP contribution is -2.35. The van der Waals surface area contributed by atoms with Gasteiger partial charge in [-0.15, -0.1) is 0 Å². The molecule has 0 saturated carbocycles. The Morgan fingerprint density at radius 1 is 1.42 bits per heavy atom. The van der Waals surface area contributed by atoms with Crippen LogP contribution in [0.5, 0.6) is 5.75 Å². The third-order valence-electron chi connectivity index (χ3n) is 3.57. The summed E-state index contributed by atoms with van der Waals surface area (Å²) in [7, 11) is 0. The van der Waals surface area contributed by atoms with E-state index < -0.39 is 5.60 Å². The molecule has 104 valence electrons. The Kier molecular flexibility index (Phi) is 4.25. The zero-order valence-corrected chi connectivity index (χ0v) is 12.0. The molecule has 3 nitrogen and oxygen atoms in total. The highest BCUT2D eigenvalue weighted by Crippen LogP contribution is 2.26. The minimum Gasteiger partial charge on any atom is -0.493 e. The van der Waals surface area contributed by atoms with Crippen molar-refractivity contribution in [2.45, 2.75) is 45.6 Å². The van der Waals surface area contributed by atoms with Crippen molar-refractivity contribution >= 4 is 5.78 Å². The zero-order chi connectivity index (χ0) is 13.9. The lowest BCUT2D eigenvalue weighted by atomic mass is 9.96. The van der Waals surface area contributed by atoms with E-state index in [2.05, 4.69) is 6.07 Å². The topological polar surface area (TPSA) is 35.5 Å². The summed E-state index contributed by atoms with van der Waals surface area (Å²) in [4.78, 5) is 12.1. The normalized spacial score (nSPS) is 14.1. The van der Waals surface area contributed by atoms with Crippen LogP contribution in [-0.2, 0) is 22.4 Å². The van der Waals surface area contributed by atoms with Crippen LogP contribution in [0.4, 0.5) is 0 Å². The summed E-state index contributed by atoms with van der Waals surface area (Å²) >= 11 is 0. The van der Waals surface area contributed by atoms with E-state index in [1.807, 2.05) is 32.9 Å². The minimum atomic E-state index is -0.672. The summed E-state index contributed by atoms with van der Waals surface area (Å²) in [6.45, 7) is 6.93. The molecule has 0 N–H and O–H groups in total. The second kappa shape index (κ2) is 5.74. The highest BCUT2D eigenvalue weighted by Gasteiger charge is 2.27. The van der Waals surface area contributed by atoms with Crippen molar-refractivity contribution in [3.63, 3.8) is 0 Å². The second-order valence-corrected chi connectivity index (χ2v) is 5.41. The van der Waals surface area contributed by atoms with Crippen LogP contribution in [0.15, 0.2) is 18.2 Å². The van der Waals surface area contributed by atoms with Crippen LogP contribution in [0.2, 0.25) is 0 Å². The second-order valence-electron chi connectivity index (χ2n) is 5.41. The van der Waals surface area contributed by atoms with Gasteiger partial charge in [0, 0.05) is 19.4 Å². The quantitative estimate of drug-likeness (QED) is 0.790. The smallest absolute Gasteiger partial charge is 0.164 e. The zero-order valence-electron chi connectivity index (χ0n) is 12.0. The summed E-state index contributed by atoms with van der Waals surface area (Å²) in [5.74, 6) is 1.15. The highest BCUT2D eigenvalue weighted by atomic mass is 16.5. The third kappa shape index (κ3) is 3.35. The number of Topliss-reactive ketones (excluding diaryl/α,β-unsaturated/α-hetero) is 1. The van der Waals surface area contributed by atoms with Crippen LogP contribution in [0, 0.1) is 0 Å². The van der Waals surface area contributed by atoms with Crippen LogP contribution >= 0.6 is 0 Å². The van der Waals surface area contributed by atoms with Gasteiger partial charge in [-0.1, -0.05) is 12.1 Å². The molecule has 0 bridgehead atoms. The van der Waals surface area contributed by atoms with E-state index in [-0.39, 0.29) is 5.78 Å². The summed E-state index contributed by atoms with van der Waals surface area (Å²) < 4.78 is 11.0. The monoisotopic (exact) mass is 262 g/mol. The van der Waals surface area contributed by atoms with Crippen molar-refractivity contribution in [1.82, 2.24) is 0 Å². The third-order valence-corrected chi connectivity index (χ3v) is 3.57. The molecular weight excluding hydrogens is 240 g/mol. The molecule has 2 rings (SSSR count). The molecule has 1 heterocycles. The predicted octanol–water partition coefficient (Wildman–Crippen LogP) is 2.94. The molecule has 0 saturated heterocycles. The number of benzene rings is 1. The maximum absolute atomic E-state index is 12.1. The molecule has 0 atom stereocenters. The number of hydrogen-bond donors (Lipinski definition) is 0. The Morgan fingerprint density at radius 3 is 2.95 bits per heavy atom. The van der Waals surface area contributed by atoms with Gasteiger partial charge in [-0.25, -0.2) is 0 Å². The molecule has 0 unspecified atom stereocenters. The maximum Gasteiger partial charge on any atom is 0.164 e. The molecule has 0 amide bonds. The Labute approximate surface area is 114 Å². The van der Waals surface area contributed by atoms with Crippen molar-refractivity contribution in [3.8, 4) is 5.75 Å². The lowest BCUT2D eigenvalue weighted by Gasteiger charge is -2.22. The summed E-state index contributed by atoms with van der Waals surface area (Å²) in [6.07, 6.45) is 2.26. The first-order chi connectivity index (χ1) is 9.03. The van der Waals surface area contributed by atoms with Crippen molar-refractivity contribution in [1.29, 1.82) is 0 Å². The summed E-state index contributed by atoms with van der Waals surface area (Å²) in [6, 6.07) is 6.21. The molecule has 0 fully saturated rings. The van der Waals surface area contributed by atoms with Gasteiger partial charge in [-0.3, -0.25) is 4.79 Å². The minimum absolute atomic E-state index is 0.158. The Morgan fingerprint density at radius 2 is 2.21 bits per heavy atom. The van der Waals surface area contributed by atoms with Crippen molar-refractivity contribution in [2.75, 3.05) is 13.2 Å². The van der Waals surface area contributed by atoms with Gasteiger partial charge < -0.3 is 9.47 Å². The van der Waals surface area contributed by atoms with Crippen molar-refractivity contribution in [3.05, 3.63) is 29.3 Å². The number of ketones is 1. The van der Waals surface area contributed by atoms with Gasteiger partial charge in [0.15, 0.2) is 5.78 Å². The van der Waals surface area contributed by atoms with E-state index in [4.69, 9.17) is 9.47 Å². The van der Waals surface area contributed by atoms with Crippen LogP contribution in [0.1, 0.15) is 38.3 Å². The highest BCUT2D eigenvalue weighted by molar-refractivity contribution is 5.86. The molecule has 0 spiro atoms. The molecule has 0 aromatic heterocycles. The number of carbonyl (C=O) groups is 1. The number of rotatable bonds is 6. The van der Waals surface area contributed by atoms with Crippen LogP contribution in [-0.4, -0.2) is 24.6 Å². The van der Waals surface area contributed by atoms with Crippen LogP contribution in [0.25, 0.3) is 0 Å². The van der Waals surface area contributed by atoms with Crippen molar-refractivity contribution in [2.24, 2.45) is 0 Å². The Hall–Kier alpha value is -1.35. The fourth-order valence-corrected chi connectivity index (χ4v) is 2.40. The van der Waals surface area contributed by atoms with E-state index in [1.165, 1.54) is 11.1 Å². The summed E-state index contributed by atoms with van der Waals surface area (Å²) in [5, 5.41) is 0. The number of aryl methyl sites for hydroxylation is 1. The van der Waals surface area contributed by atoms with Gasteiger partial charge in [-0.2, -0.15) is 0 Å². The molecule has 1 aromatic carbocycles. The molecule has 0 aliphatic carbocycles. The van der Waals surface area contributed by atoms with Crippen molar-refractivity contribution < 1.29 is 14.3 Å². The average Bonchev–Trinajstić information content (AvgIpc) is 2.83. The number of carbonyl (C=O) groups excluding carboxylic acids is 1. The van der Waals surface area contributed by atoms with Gasteiger partial charge in [0.25, 0.3) is 0 Å². The molecular formula is C16H22O3.